The van der Waals surface area contributed by atoms with Crippen molar-refractivity contribution in [3.05, 3.63) is 0 Å². The molecule has 0 radical (unpaired) electrons. The lowest BCUT2D eigenvalue weighted by Gasteiger charge is -2.22. The first-order valence-corrected chi connectivity index (χ1v) is 7.48. The molecule has 0 spiro atoms. The fourth-order valence-corrected chi connectivity index (χ4v) is 1.29. The summed E-state index contributed by atoms with van der Waals surface area (Å²) in [7, 11) is -4.64. The molecule has 6 N–H and O–H groups in total. The van der Waals surface area contributed by atoms with E-state index in [1.807, 2.05) is 0 Å². The highest BCUT2D eigenvalue weighted by Crippen LogP contribution is 2.25. The Hall–Kier alpha value is 0.0300. The maximum absolute atomic E-state index is 9.65. The molecule has 0 saturated heterocycles. The number of phosphoric acid groups is 1. The molecule has 0 aliphatic rings. The molecular weight excluding hydrogens is 245 g/mol. The predicted octanol–water partition coefficient (Wildman–Crippen LogP) is 1.48. The van der Waals surface area contributed by atoms with Gasteiger partial charge in [-0.3, -0.25) is 0 Å². The number of nitrogens with two attached hydrogens (primary N) is 1. The molecule has 0 aliphatic heterocycles. The molecule has 7 heteroatoms. The molecule has 6 nitrogen and oxygen atoms in total. The standard InChI is InChI=1S/C10H23NO.H3O4P/c1-3-5-7-9-10(11,12)8-6-4-2;1-5(2,3)4/h12H,3-9,11H2,1-2H3;(H3,1,2,3,4). The van der Waals surface area contributed by atoms with Gasteiger partial charge in [-0.05, 0) is 25.7 Å². The Morgan fingerprint density at radius 3 is 1.71 bits per heavy atom. The minimum atomic E-state index is -4.64. The lowest BCUT2D eigenvalue weighted by Crippen LogP contribution is -2.39. The SMILES string of the molecule is CCCCCC(N)(O)CCCC.O=P(O)(O)O. The minimum absolute atomic E-state index is 0.743. The Morgan fingerprint density at radius 1 is 1.00 bits per heavy atom. The van der Waals surface area contributed by atoms with Gasteiger partial charge in [-0.2, -0.15) is 0 Å². The van der Waals surface area contributed by atoms with Crippen LogP contribution < -0.4 is 5.73 Å². The first-order chi connectivity index (χ1) is 7.62. The quantitative estimate of drug-likeness (QED) is 0.271. The van der Waals surface area contributed by atoms with Crippen molar-refractivity contribution in [1.82, 2.24) is 0 Å². The molecule has 0 bridgehead atoms. The zero-order chi connectivity index (χ0) is 13.9. The molecule has 0 amide bonds. The van der Waals surface area contributed by atoms with E-state index in [-0.39, 0.29) is 0 Å². The number of unbranched alkanes of at least 4 members (excludes halogenated alkanes) is 3. The molecule has 0 saturated carbocycles. The molecule has 0 fully saturated rings. The molecule has 1 atom stereocenters. The van der Waals surface area contributed by atoms with Gasteiger partial charge in [0.15, 0.2) is 0 Å². The Labute approximate surface area is 103 Å². The summed E-state index contributed by atoms with van der Waals surface area (Å²) in [6.07, 6.45) is 7.03. The molecule has 0 aromatic carbocycles. The Bertz CT molecular complexity index is 208. The average molecular weight is 271 g/mol. The number of aliphatic hydroxyl groups is 1. The molecule has 17 heavy (non-hydrogen) atoms. The topological polar surface area (TPSA) is 124 Å². The third-order valence-electron chi connectivity index (χ3n) is 2.18. The fourth-order valence-electron chi connectivity index (χ4n) is 1.29. The second kappa shape index (κ2) is 10.00. The van der Waals surface area contributed by atoms with Gasteiger partial charge in [0, 0.05) is 0 Å². The monoisotopic (exact) mass is 271 g/mol. The zero-order valence-electron chi connectivity index (χ0n) is 10.7. The summed E-state index contributed by atoms with van der Waals surface area (Å²) in [5.74, 6) is 0. The van der Waals surface area contributed by atoms with E-state index >= 15 is 0 Å². The molecule has 0 rings (SSSR count). The molecule has 0 aliphatic carbocycles. The second-order valence-electron chi connectivity index (χ2n) is 4.18. The van der Waals surface area contributed by atoms with Crippen LogP contribution in [0.25, 0.3) is 0 Å². The smallest absolute Gasteiger partial charge is 0.376 e. The summed E-state index contributed by atoms with van der Waals surface area (Å²) in [6.45, 7) is 4.27. The average Bonchev–Trinajstić information content (AvgIpc) is 2.12. The summed E-state index contributed by atoms with van der Waals surface area (Å²) in [5, 5.41) is 9.65. The number of hydrogen-bond acceptors (Lipinski definition) is 3. The number of rotatable bonds is 7. The van der Waals surface area contributed by atoms with Gasteiger partial charge in [0.2, 0.25) is 0 Å². The number of hydrogen-bond donors (Lipinski definition) is 5. The van der Waals surface area contributed by atoms with Crippen LogP contribution in [0.1, 0.15) is 58.8 Å². The van der Waals surface area contributed by atoms with Gasteiger partial charge < -0.3 is 25.5 Å². The van der Waals surface area contributed by atoms with Gasteiger partial charge in [-0.25, -0.2) is 4.57 Å². The lowest BCUT2D eigenvalue weighted by molar-refractivity contribution is 0.0246. The van der Waals surface area contributed by atoms with E-state index in [0.29, 0.717) is 0 Å². The first kappa shape index (κ1) is 19.4. The van der Waals surface area contributed by atoms with Crippen molar-refractivity contribution in [2.45, 2.75) is 64.5 Å². The van der Waals surface area contributed by atoms with Crippen LogP contribution in [0.3, 0.4) is 0 Å². The van der Waals surface area contributed by atoms with Crippen LogP contribution >= 0.6 is 7.82 Å². The predicted molar refractivity (Wildman–Crippen MR) is 67.1 cm³/mol. The van der Waals surface area contributed by atoms with Crippen LogP contribution in [0.15, 0.2) is 0 Å². The van der Waals surface area contributed by atoms with Crippen LogP contribution in [0, 0.1) is 0 Å². The largest absolute Gasteiger partial charge is 0.466 e. The van der Waals surface area contributed by atoms with E-state index < -0.39 is 13.5 Å². The highest BCUT2D eigenvalue weighted by Gasteiger charge is 2.18. The Balaban J connectivity index is 0. The van der Waals surface area contributed by atoms with E-state index in [1.165, 1.54) is 12.8 Å². The highest BCUT2D eigenvalue weighted by atomic mass is 31.2. The van der Waals surface area contributed by atoms with Gasteiger partial charge in [-0.1, -0.05) is 33.1 Å². The van der Waals surface area contributed by atoms with Crippen molar-refractivity contribution in [1.29, 1.82) is 0 Å². The maximum Gasteiger partial charge on any atom is 0.466 e. The van der Waals surface area contributed by atoms with Crippen molar-refractivity contribution < 1.29 is 24.4 Å². The zero-order valence-corrected chi connectivity index (χ0v) is 11.6. The van der Waals surface area contributed by atoms with Crippen molar-refractivity contribution in [2.75, 3.05) is 0 Å². The van der Waals surface area contributed by atoms with Gasteiger partial charge in [0.1, 0.15) is 5.72 Å². The van der Waals surface area contributed by atoms with E-state index in [4.69, 9.17) is 25.0 Å². The van der Waals surface area contributed by atoms with E-state index in [0.717, 1.165) is 32.1 Å². The van der Waals surface area contributed by atoms with Crippen LogP contribution in [-0.4, -0.2) is 25.5 Å². The van der Waals surface area contributed by atoms with Gasteiger partial charge in [-0.15, -0.1) is 0 Å². The minimum Gasteiger partial charge on any atom is -0.376 e. The maximum atomic E-state index is 9.65. The lowest BCUT2D eigenvalue weighted by atomic mass is 10.00. The molecule has 1 unspecified atom stereocenters. The van der Waals surface area contributed by atoms with E-state index in [9.17, 15) is 5.11 Å². The van der Waals surface area contributed by atoms with Crippen molar-refractivity contribution in [2.24, 2.45) is 5.73 Å². The summed E-state index contributed by atoms with van der Waals surface area (Å²) >= 11 is 0. The van der Waals surface area contributed by atoms with Crippen molar-refractivity contribution in [3.8, 4) is 0 Å². The van der Waals surface area contributed by atoms with Gasteiger partial charge in [0.25, 0.3) is 0 Å². The van der Waals surface area contributed by atoms with Gasteiger partial charge in [0.05, 0.1) is 0 Å². The third-order valence-corrected chi connectivity index (χ3v) is 2.18. The molecule has 106 valence electrons. The normalized spacial score (nSPS) is 14.8. The van der Waals surface area contributed by atoms with Crippen LogP contribution in [0.4, 0.5) is 0 Å². The summed E-state index contributed by atoms with van der Waals surface area (Å²) < 4.78 is 8.88. The van der Waals surface area contributed by atoms with Crippen molar-refractivity contribution in [3.63, 3.8) is 0 Å². The Kier molecular flexibility index (Phi) is 11.4. The Morgan fingerprint density at radius 2 is 1.35 bits per heavy atom. The van der Waals surface area contributed by atoms with Crippen LogP contribution in [-0.2, 0) is 4.57 Å². The van der Waals surface area contributed by atoms with Crippen LogP contribution in [0.5, 0.6) is 0 Å². The summed E-state index contributed by atoms with van der Waals surface area (Å²) in [6, 6.07) is 0. The molecule has 0 aromatic rings. The molecule has 0 heterocycles. The fraction of sp³-hybridized carbons (Fsp3) is 1.00. The molecule has 0 aromatic heterocycles. The summed E-state index contributed by atoms with van der Waals surface area (Å²) in [5.41, 5.74) is 4.80. The van der Waals surface area contributed by atoms with Crippen molar-refractivity contribution >= 4 is 7.82 Å². The molecular formula is C10H26NO5P. The van der Waals surface area contributed by atoms with E-state index in [2.05, 4.69) is 13.8 Å². The summed E-state index contributed by atoms with van der Waals surface area (Å²) in [4.78, 5) is 21.6. The first-order valence-electron chi connectivity index (χ1n) is 5.92. The highest BCUT2D eigenvalue weighted by molar-refractivity contribution is 7.45. The van der Waals surface area contributed by atoms with E-state index in [1.54, 1.807) is 0 Å². The second-order valence-corrected chi connectivity index (χ2v) is 5.20. The van der Waals surface area contributed by atoms with Gasteiger partial charge >= 0.3 is 7.82 Å². The third kappa shape index (κ3) is 25.9. The van der Waals surface area contributed by atoms with Crippen LogP contribution in [0.2, 0.25) is 0 Å².